The van der Waals surface area contributed by atoms with E-state index < -0.39 is 0 Å². The molecule has 310 valence electrons. The third-order valence-corrected chi connectivity index (χ3v) is 17.6. The molecule has 0 aliphatic carbocycles. The van der Waals surface area contributed by atoms with Crippen LogP contribution < -0.4 is 4.90 Å². The number of carbonyl (C=O) groups excluding carboxylic acids is 1. The number of allylic oxidation sites excluding steroid dienone is 2. The Balaban J connectivity index is 0.992. The van der Waals surface area contributed by atoms with Gasteiger partial charge in [0.25, 0.3) is 6.47 Å². The molecule has 63 heavy (non-hydrogen) atoms. The van der Waals surface area contributed by atoms with Gasteiger partial charge >= 0.3 is 0 Å². The Hall–Kier alpha value is -5.89. The molecule has 3 aromatic carbocycles. The highest BCUT2D eigenvalue weighted by Gasteiger charge is 2.17. The maximum absolute atomic E-state index is 10.8. The van der Waals surface area contributed by atoms with Gasteiger partial charge in [-0.05, 0) is 127 Å². The molecule has 5 nitrogen and oxygen atoms in total. The minimum absolute atomic E-state index is 0.0253. The highest BCUT2D eigenvalue weighted by molar-refractivity contribution is 7.30. The SMILES string of the molecule is [C-]#[N+]/C(C)=C\c1cc2sc(-c3ccc(N(c4ccc(-c5ccc(-c6ccc(CCCCCC)s6)s5)cc4)c4ccc(-c5cc6sc(/C=C(\C#N)OC=O)cc6s5)cc4)cc3)cc2s1. The Morgan fingerprint density at radius 3 is 1.65 bits per heavy atom. The van der Waals surface area contributed by atoms with Gasteiger partial charge in [0.05, 0.1) is 6.57 Å². The zero-order valence-electron chi connectivity index (χ0n) is 34.4. The molecular weight excluding hydrogens is 891 g/mol. The van der Waals surface area contributed by atoms with Crippen molar-refractivity contribution in [3.05, 3.63) is 159 Å². The summed E-state index contributed by atoms with van der Waals surface area (Å²) < 4.78 is 9.49. The zero-order valence-corrected chi connectivity index (χ0v) is 39.3. The monoisotopic (exact) mass is 929 g/mol. The van der Waals surface area contributed by atoms with Crippen molar-refractivity contribution in [3.8, 4) is 47.1 Å². The van der Waals surface area contributed by atoms with E-state index in [1.165, 1.54) is 77.0 Å². The van der Waals surface area contributed by atoms with E-state index in [9.17, 15) is 10.1 Å². The molecule has 0 radical (unpaired) electrons. The molecular formula is C52H39N3O2S6. The van der Waals surface area contributed by atoms with E-state index >= 15 is 0 Å². The first kappa shape index (κ1) is 42.4. The van der Waals surface area contributed by atoms with Crippen LogP contribution in [0.3, 0.4) is 0 Å². The third-order valence-electron chi connectivity index (χ3n) is 10.6. The fourth-order valence-electron chi connectivity index (χ4n) is 7.42. The van der Waals surface area contributed by atoms with Crippen LogP contribution in [0.5, 0.6) is 0 Å². The minimum Gasteiger partial charge on any atom is -0.417 e. The number of hydrogen-bond donors (Lipinski definition) is 0. The summed E-state index contributed by atoms with van der Waals surface area (Å²) in [6.07, 6.45) is 9.87. The molecule has 0 bridgehead atoms. The van der Waals surface area contributed by atoms with Crippen LogP contribution in [0.2, 0.25) is 0 Å². The molecule has 0 fully saturated rings. The maximum atomic E-state index is 10.8. The predicted octanol–water partition coefficient (Wildman–Crippen LogP) is 17.9. The zero-order chi connectivity index (χ0) is 43.3. The summed E-state index contributed by atoms with van der Waals surface area (Å²) in [5.41, 5.74) is 7.38. The molecule has 0 N–H and O–H groups in total. The van der Waals surface area contributed by atoms with Crippen LogP contribution >= 0.6 is 68.0 Å². The summed E-state index contributed by atoms with van der Waals surface area (Å²) in [6.45, 7) is 11.7. The number of ether oxygens (including phenoxy) is 1. The highest BCUT2D eigenvalue weighted by atomic mass is 32.1. The van der Waals surface area contributed by atoms with Crippen molar-refractivity contribution in [2.45, 2.75) is 46.0 Å². The molecule has 0 atom stereocenters. The molecule has 0 saturated heterocycles. The average molecular weight is 930 g/mol. The van der Waals surface area contributed by atoms with Crippen LogP contribution in [-0.2, 0) is 16.0 Å². The highest BCUT2D eigenvalue weighted by Crippen LogP contribution is 2.44. The predicted molar refractivity (Wildman–Crippen MR) is 274 cm³/mol. The number of unbranched alkanes of at least 4 members (excludes halogenated alkanes) is 3. The second-order valence-corrected chi connectivity index (χ2v) is 21.6. The number of anilines is 3. The molecule has 11 heteroatoms. The largest absolute Gasteiger partial charge is 0.417 e. The van der Waals surface area contributed by atoms with Gasteiger partial charge in [0.1, 0.15) is 6.07 Å². The van der Waals surface area contributed by atoms with Gasteiger partial charge in [-0.1, -0.05) is 62.6 Å². The molecule has 0 saturated carbocycles. The van der Waals surface area contributed by atoms with Gasteiger partial charge in [0.2, 0.25) is 5.76 Å². The van der Waals surface area contributed by atoms with Crippen LogP contribution in [-0.4, -0.2) is 6.47 Å². The van der Waals surface area contributed by atoms with E-state index in [0.717, 1.165) is 46.7 Å². The average Bonchev–Trinajstić information content (AvgIpc) is 4.17. The van der Waals surface area contributed by atoms with Gasteiger partial charge in [0, 0.05) is 81.0 Å². The van der Waals surface area contributed by atoms with Crippen molar-refractivity contribution >= 4 is 123 Å². The van der Waals surface area contributed by atoms with E-state index in [1.54, 1.807) is 51.4 Å². The molecule has 6 aromatic heterocycles. The van der Waals surface area contributed by atoms with Crippen LogP contribution in [0.25, 0.3) is 76.9 Å². The van der Waals surface area contributed by atoms with Crippen molar-refractivity contribution in [2.24, 2.45) is 0 Å². The van der Waals surface area contributed by atoms with Crippen molar-refractivity contribution in [1.29, 1.82) is 5.26 Å². The number of carbonyl (C=O) groups is 1. The van der Waals surface area contributed by atoms with Crippen LogP contribution in [0.4, 0.5) is 17.1 Å². The first-order chi connectivity index (χ1) is 30.9. The number of fused-ring (bicyclic) bond motifs is 2. The Bertz CT molecular complexity index is 3130. The van der Waals surface area contributed by atoms with Crippen LogP contribution in [0.1, 0.15) is 54.2 Å². The van der Waals surface area contributed by atoms with Gasteiger partial charge in [-0.3, -0.25) is 4.79 Å². The Morgan fingerprint density at radius 2 is 1.13 bits per heavy atom. The summed E-state index contributed by atoms with van der Waals surface area (Å²) in [5.74, 6) is -0.0253. The van der Waals surface area contributed by atoms with Gasteiger partial charge in [-0.15, -0.1) is 68.0 Å². The number of hydrogen-bond acceptors (Lipinski definition) is 10. The normalized spacial score (nSPS) is 11.9. The number of thiophene rings is 6. The van der Waals surface area contributed by atoms with Crippen LogP contribution in [0.15, 0.2) is 133 Å². The topological polar surface area (TPSA) is 57.7 Å². The number of benzene rings is 3. The second kappa shape index (κ2) is 19.2. The van der Waals surface area contributed by atoms with E-state index in [1.807, 2.05) is 47.8 Å². The van der Waals surface area contributed by atoms with E-state index in [4.69, 9.17) is 11.3 Å². The second-order valence-electron chi connectivity index (χ2n) is 14.9. The van der Waals surface area contributed by atoms with Crippen molar-refractivity contribution < 1.29 is 9.53 Å². The molecule has 9 rings (SSSR count). The molecule has 0 aliphatic heterocycles. The first-order valence-corrected chi connectivity index (χ1v) is 25.4. The summed E-state index contributed by atoms with van der Waals surface area (Å²) in [7, 11) is 0. The maximum Gasteiger partial charge on any atom is 0.299 e. The Labute approximate surface area is 391 Å². The molecule has 9 aromatic rings. The number of rotatable bonds is 16. The lowest BCUT2D eigenvalue weighted by atomic mass is 10.1. The van der Waals surface area contributed by atoms with Gasteiger partial charge in [-0.25, -0.2) is 4.85 Å². The third kappa shape index (κ3) is 9.56. The first-order valence-electron chi connectivity index (χ1n) is 20.5. The smallest absolute Gasteiger partial charge is 0.299 e. The van der Waals surface area contributed by atoms with Gasteiger partial charge in [0.15, 0.2) is 5.70 Å². The summed E-state index contributed by atoms with van der Waals surface area (Å²) in [4.78, 5) is 26.4. The van der Waals surface area contributed by atoms with Crippen molar-refractivity contribution in [1.82, 2.24) is 0 Å². The standard InChI is InChI=1S/C52H39N3O2S6/c1-4-5-6-7-8-41-21-22-45(58-41)46-24-23-44(61-46)34-9-15-37(16-10-34)55(38-17-11-35(12-18-38)47-29-51-49(62-47)27-42(59-51)25-33(2)54-3)39-19-13-36(14-20-39)48-30-52-50(63-48)28-43(60-52)26-40(31-53)57-32-56/h9-30,32H,4-8H2,1-2H3/b33-25-,40-26+. The molecule has 0 unspecified atom stereocenters. The molecule has 0 amide bonds. The van der Waals surface area contributed by atoms with E-state index in [-0.39, 0.29) is 12.2 Å². The summed E-state index contributed by atoms with van der Waals surface area (Å²) in [6, 6.07) is 46.2. The summed E-state index contributed by atoms with van der Waals surface area (Å²) in [5, 5.41) is 9.28. The van der Waals surface area contributed by atoms with Gasteiger partial charge in [-0.2, -0.15) is 5.26 Å². The minimum atomic E-state index is -0.0253. The fourth-order valence-corrected chi connectivity index (χ4v) is 14.3. The lowest BCUT2D eigenvalue weighted by molar-refractivity contribution is -0.124. The lowest BCUT2D eigenvalue weighted by Crippen LogP contribution is -2.09. The van der Waals surface area contributed by atoms with Crippen LogP contribution in [0, 0.1) is 17.9 Å². The fraction of sp³-hybridized carbons (Fsp3) is 0.135. The molecule has 0 aliphatic rings. The molecule has 6 heterocycles. The van der Waals surface area contributed by atoms with Crippen molar-refractivity contribution in [2.75, 3.05) is 4.90 Å². The Kier molecular flexibility index (Phi) is 13.0. The van der Waals surface area contributed by atoms with Crippen molar-refractivity contribution in [3.63, 3.8) is 0 Å². The van der Waals surface area contributed by atoms with Gasteiger partial charge < -0.3 is 9.64 Å². The summed E-state index contributed by atoms with van der Waals surface area (Å²) >= 11 is 10.6. The lowest BCUT2D eigenvalue weighted by Gasteiger charge is -2.26. The quantitative estimate of drug-likeness (QED) is 0.0318. The Morgan fingerprint density at radius 1 is 0.619 bits per heavy atom. The van der Waals surface area contributed by atoms with E-state index in [0.29, 0.717) is 5.70 Å². The molecule has 0 spiro atoms. The van der Waals surface area contributed by atoms with E-state index in [2.05, 4.69) is 132 Å². The number of nitriles is 1. The number of aryl methyl sites for hydroxylation is 1. The number of nitrogens with zero attached hydrogens (tertiary/aromatic N) is 3.